The summed E-state index contributed by atoms with van der Waals surface area (Å²) < 4.78 is 5.61. The summed E-state index contributed by atoms with van der Waals surface area (Å²) in [4.78, 5) is 0. The lowest BCUT2D eigenvalue weighted by Gasteiger charge is -2.05. The van der Waals surface area contributed by atoms with E-state index in [-0.39, 0.29) is 0 Å². The molecule has 0 saturated heterocycles. The van der Waals surface area contributed by atoms with Crippen LogP contribution in [0, 0.1) is 20.8 Å². The second-order valence-corrected chi connectivity index (χ2v) is 4.41. The molecule has 17 heavy (non-hydrogen) atoms. The van der Waals surface area contributed by atoms with E-state index in [1.54, 1.807) is 0 Å². The number of furan rings is 1. The van der Waals surface area contributed by atoms with Crippen LogP contribution in [0.25, 0.3) is 0 Å². The monoisotopic (exact) mass is 229 g/mol. The van der Waals surface area contributed by atoms with Crippen LogP contribution in [-0.4, -0.2) is 0 Å². The highest BCUT2D eigenvalue weighted by Gasteiger charge is 2.09. The van der Waals surface area contributed by atoms with E-state index in [1.807, 2.05) is 19.9 Å². The Morgan fingerprint density at radius 2 is 1.65 bits per heavy atom. The third-order valence-electron chi connectivity index (χ3n) is 3.19. The van der Waals surface area contributed by atoms with Crippen LogP contribution in [0.2, 0.25) is 0 Å². The Morgan fingerprint density at radius 3 is 2.24 bits per heavy atom. The normalized spacial score (nSPS) is 10.8. The Hall–Kier alpha value is -1.54. The Labute approximate surface area is 103 Å². The number of benzene rings is 1. The van der Waals surface area contributed by atoms with Gasteiger partial charge >= 0.3 is 0 Å². The molecule has 0 unspecified atom stereocenters. The second kappa shape index (κ2) is 5.19. The summed E-state index contributed by atoms with van der Waals surface area (Å²) in [5, 5.41) is 3.45. The highest BCUT2D eigenvalue weighted by atomic mass is 16.3. The number of hydrogen-bond acceptors (Lipinski definition) is 2. The molecular formula is C15H19NO. The lowest BCUT2D eigenvalue weighted by Crippen LogP contribution is -2.13. The van der Waals surface area contributed by atoms with E-state index in [2.05, 4.69) is 36.5 Å². The molecule has 0 amide bonds. The van der Waals surface area contributed by atoms with Gasteiger partial charge in [-0.05, 0) is 31.9 Å². The molecule has 0 bridgehead atoms. The van der Waals surface area contributed by atoms with Gasteiger partial charge in [-0.2, -0.15) is 0 Å². The minimum Gasteiger partial charge on any atom is -0.466 e. The SMILES string of the molecule is Cc1oc(C)c(CNCc2ccccc2)c1C. The molecule has 1 aromatic carbocycles. The molecule has 2 rings (SSSR count). The van der Waals surface area contributed by atoms with Crippen LogP contribution < -0.4 is 5.32 Å². The van der Waals surface area contributed by atoms with E-state index in [9.17, 15) is 0 Å². The molecular weight excluding hydrogens is 210 g/mol. The van der Waals surface area contributed by atoms with Crippen molar-refractivity contribution in [3.05, 3.63) is 58.5 Å². The van der Waals surface area contributed by atoms with Gasteiger partial charge in [-0.15, -0.1) is 0 Å². The summed E-state index contributed by atoms with van der Waals surface area (Å²) in [5.41, 5.74) is 3.87. The minimum absolute atomic E-state index is 0.865. The van der Waals surface area contributed by atoms with Crippen molar-refractivity contribution in [2.45, 2.75) is 33.9 Å². The second-order valence-electron chi connectivity index (χ2n) is 4.41. The molecule has 0 aliphatic carbocycles. The molecule has 0 aliphatic heterocycles. The van der Waals surface area contributed by atoms with Gasteiger partial charge in [0.15, 0.2) is 0 Å². The van der Waals surface area contributed by atoms with Crippen molar-refractivity contribution in [1.29, 1.82) is 0 Å². The first-order valence-electron chi connectivity index (χ1n) is 5.98. The maximum Gasteiger partial charge on any atom is 0.105 e. The molecule has 2 nitrogen and oxygen atoms in total. The van der Waals surface area contributed by atoms with Gasteiger partial charge in [0.1, 0.15) is 11.5 Å². The topological polar surface area (TPSA) is 25.2 Å². The fourth-order valence-corrected chi connectivity index (χ4v) is 2.03. The molecule has 0 radical (unpaired) electrons. The zero-order chi connectivity index (χ0) is 12.3. The smallest absolute Gasteiger partial charge is 0.105 e. The van der Waals surface area contributed by atoms with Crippen molar-refractivity contribution in [3.63, 3.8) is 0 Å². The van der Waals surface area contributed by atoms with Gasteiger partial charge in [0.25, 0.3) is 0 Å². The Kier molecular flexibility index (Phi) is 3.64. The first-order chi connectivity index (χ1) is 8.18. The lowest BCUT2D eigenvalue weighted by atomic mass is 10.1. The van der Waals surface area contributed by atoms with Crippen molar-refractivity contribution in [1.82, 2.24) is 5.32 Å². The highest BCUT2D eigenvalue weighted by Crippen LogP contribution is 2.20. The van der Waals surface area contributed by atoms with Crippen LogP contribution in [0.5, 0.6) is 0 Å². The van der Waals surface area contributed by atoms with Crippen molar-refractivity contribution >= 4 is 0 Å². The van der Waals surface area contributed by atoms with Gasteiger partial charge in [-0.3, -0.25) is 0 Å². The van der Waals surface area contributed by atoms with Crippen LogP contribution >= 0.6 is 0 Å². The van der Waals surface area contributed by atoms with Crippen molar-refractivity contribution < 1.29 is 4.42 Å². The fourth-order valence-electron chi connectivity index (χ4n) is 2.03. The average molecular weight is 229 g/mol. The first kappa shape index (κ1) is 11.9. The van der Waals surface area contributed by atoms with E-state index in [0.29, 0.717) is 0 Å². The molecule has 2 aromatic rings. The van der Waals surface area contributed by atoms with Crippen molar-refractivity contribution in [2.24, 2.45) is 0 Å². The predicted molar refractivity (Wildman–Crippen MR) is 69.9 cm³/mol. The van der Waals surface area contributed by atoms with Crippen LogP contribution in [-0.2, 0) is 13.1 Å². The van der Waals surface area contributed by atoms with E-state index >= 15 is 0 Å². The Balaban J connectivity index is 1.95. The largest absolute Gasteiger partial charge is 0.466 e. The van der Waals surface area contributed by atoms with Gasteiger partial charge in [0, 0.05) is 18.7 Å². The van der Waals surface area contributed by atoms with Crippen LogP contribution in [0.15, 0.2) is 34.7 Å². The van der Waals surface area contributed by atoms with E-state index in [0.717, 1.165) is 24.6 Å². The molecule has 1 N–H and O–H groups in total. The maximum atomic E-state index is 5.61. The third kappa shape index (κ3) is 2.77. The van der Waals surface area contributed by atoms with E-state index in [1.165, 1.54) is 16.7 Å². The first-order valence-corrected chi connectivity index (χ1v) is 5.98. The molecule has 1 aromatic heterocycles. The molecule has 0 aliphatic rings. The average Bonchev–Trinajstić information content (AvgIpc) is 2.57. The third-order valence-corrected chi connectivity index (χ3v) is 3.19. The van der Waals surface area contributed by atoms with E-state index in [4.69, 9.17) is 4.42 Å². The quantitative estimate of drug-likeness (QED) is 0.868. The van der Waals surface area contributed by atoms with Crippen LogP contribution in [0.1, 0.15) is 28.2 Å². The Morgan fingerprint density at radius 1 is 0.941 bits per heavy atom. The summed E-state index contributed by atoms with van der Waals surface area (Å²) in [6.07, 6.45) is 0. The van der Waals surface area contributed by atoms with Crippen LogP contribution in [0.3, 0.4) is 0 Å². The molecule has 0 atom stereocenters. The minimum atomic E-state index is 0.865. The zero-order valence-electron chi connectivity index (χ0n) is 10.7. The van der Waals surface area contributed by atoms with Gasteiger partial charge < -0.3 is 9.73 Å². The number of hydrogen-bond donors (Lipinski definition) is 1. The molecule has 0 spiro atoms. The summed E-state index contributed by atoms with van der Waals surface area (Å²) >= 11 is 0. The molecule has 0 saturated carbocycles. The summed E-state index contributed by atoms with van der Waals surface area (Å²) in [6, 6.07) is 10.4. The number of rotatable bonds is 4. The van der Waals surface area contributed by atoms with E-state index < -0.39 is 0 Å². The summed E-state index contributed by atoms with van der Waals surface area (Å²) in [5.74, 6) is 2.06. The predicted octanol–water partition coefficient (Wildman–Crippen LogP) is 3.49. The Bertz CT molecular complexity index is 485. The summed E-state index contributed by atoms with van der Waals surface area (Å²) in [6.45, 7) is 7.92. The maximum absolute atomic E-state index is 5.61. The van der Waals surface area contributed by atoms with Gasteiger partial charge in [0.2, 0.25) is 0 Å². The molecule has 0 fully saturated rings. The molecule has 1 heterocycles. The van der Waals surface area contributed by atoms with Crippen molar-refractivity contribution in [2.75, 3.05) is 0 Å². The molecule has 90 valence electrons. The zero-order valence-corrected chi connectivity index (χ0v) is 10.7. The number of nitrogens with one attached hydrogen (secondary N) is 1. The fraction of sp³-hybridized carbons (Fsp3) is 0.333. The van der Waals surface area contributed by atoms with Gasteiger partial charge in [-0.1, -0.05) is 30.3 Å². The van der Waals surface area contributed by atoms with Crippen molar-refractivity contribution in [3.8, 4) is 0 Å². The lowest BCUT2D eigenvalue weighted by molar-refractivity contribution is 0.497. The van der Waals surface area contributed by atoms with Gasteiger partial charge in [0.05, 0.1) is 0 Å². The number of aryl methyl sites for hydroxylation is 2. The van der Waals surface area contributed by atoms with Gasteiger partial charge in [-0.25, -0.2) is 0 Å². The molecule has 2 heteroatoms. The highest BCUT2D eigenvalue weighted by molar-refractivity contribution is 5.31. The standard InChI is InChI=1S/C15H19NO/c1-11-12(2)17-13(3)15(11)10-16-9-14-7-5-4-6-8-14/h4-8,16H,9-10H2,1-3H3. The summed E-state index contributed by atoms with van der Waals surface area (Å²) in [7, 11) is 0. The van der Waals surface area contributed by atoms with Crippen LogP contribution in [0.4, 0.5) is 0 Å².